The van der Waals surface area contributed by atoms with Crippen molar-refractivity contribution in [1.29, 1.82) is 0 Å². The second kappa shape index (κ2) is 24.5. The second-order valence-electron chi connectivity index (χ2n) is 14.3. The van der Waals surface area contributed by atoms with E-state index in [1.54, 1.807) is 27.7 Å². The van der Waals surface area contributed by atoms with E-state index in [1.165, 1.54) is 4.90 Å². The first kappa shape index (κ1) is 49.9. The van der Waals surface area contributed by atoms with Gasteiger partial charge in [-0.2, -0.15) is 0 Å². The van der Waals surface area contributed by atoms with Crippen LogP contribution in [0.3, 0.4) is 0 Å². The molecule has 0 aliphatic carbocycles. The minimum Gasteiger partial charge on any atom is -0.481 e. The smallest absolute Gasteiger partial charge is 0.328 e. The zero-order valence-electron chi connectivity index (χ0n) is 33.2. The maximum absolute atomic E-state index is 13.9. The summed E-state index contributed by atoms with van der Waals surface area (Å²) in [4.78, 5) is 109. The van der Waals surface area contributed by atoms with Crippen molar-refractivity contribution in [1.82, 2.24) is 31.5 Å². The summed E-state index contributed by atoms with van der Waals surface area (Å²) in [5, 5.41) is 50.5. The van der Waals surface area contributed by atoms with Gasteiger partial charge in [0.25, 0.3) is 0 Å². The molecule has 1 fully saturated rings. The number of guanidine groups is 1. The van der Waals surface area contributed by atoms with E-state index >= 15 is 0 Å². The predicted molar refractivity (Wildman–Crippen MR) is 204 cm³/mol. The van der Waals surface area contributed by atoms with E-state index in [1.807, 2.05) is 0 Å². The summed E-state index contributed by atoms with van der Waals surface area (Å²) in [5.74, 6) is -9.09. The lowest BCUT2D eigenvalue weighted by Crippen LogP contribution is -2.61. The lowest BCUT2D eigenvalue weighted by atomic mass is 9.95. The Morgan fingerprint density at radius 2 is 1.28 bits per heavy atom. The Kier molecular flexibility index (Phi) is 21.5. The summed E-state index contributed by atoms with van der Waals surface area (Å²) in [7, 11) is 0. The number of carboxylic acids is 2. The number of rotatable bonds is 25. The van der Waals surface area contributed by atoms with Gasteiger partial charge in [-0.1, -0.05) is 40.5 Å². The van der Waals surface area contributed by atoms with E-state index in [9.17, 15) is 58.8 Å². The molecule has 0 aromatic heterocycles. The first-order chi connectivity index (χ1) is 26.7. The number of aliphatic hydroxyl groups is 2. The Morgan fingerprint density at radius 3 is 1.74 bits per heavy atom. The molecule has 0 bridgehead atoms. The number of hydrogen-bond donors (Lipinski definition) is 12. The van der Waals surface area contributed by atoms with E-state index < -0.39 is 127 Å². The van der Waals surface area contributed by atoms with Crippen LogP contribution in [0.15, 0.2) is 4.99 Å². The molecular formula is C35H62N10O12. The zero-order valence-corrected chi connectivity index (χ0v) is 33.2. The van der Waals surface area contributed by atoms with Gasteiger partial charge in [0.2, 0.25) is 35.4 Å². The van der Waals surface area contributed by atoms with Crippen molar-refractivity contribution in [2.45, 2.75) is 134 Å². The molecule has 10 unspecified atom stereocenters. The molecule has 1 aliphatic rings. The predicted octanol–water partition coefficient (Wildman–Crippen LogP) is -3.80. The molecule has 22 heteroatoms. The first-order valence-electron chi connectivity index (χ1n) is 19.1. The largest absolute Gasteiger partial charge is 0.481 e. The number of carbonyl (C=O) groups excluding carboxylic acids is 6. The van der Waals surface area contributed by atoms with Gasteiger partial charge < -0.3 is 69.1 Å². The molecule has 1 rings (SSSR count). The van der Waals surface area contributed by atoms with Crippen LogP contribution < -0.4 is 43.8 Å². The highest BCUT2D eigenvalue weighted by atomic mass is 16.4. The first-order valence-corrected chi connectivity index (χ1v) is 19.1. The van der Waals surface area contributed by atoms with Crippen LogP contribution in [0.2, 0.25) is 0 Å². The van der Waals surface area contributed by atoms with Crippen molar-refractivity contribution in [3.63, 3.8) is 0 Å². The molecule has 0 saturated carbocycles. The van der Waals surface area contributed by atoms with Crippen molar-refractivity contribution in [3.8, 4) is 0 Å². The normalized spacial score (nSPS) is 18.5. The number of likely N-dealkylation sites (tertiary alicyclic amines) is 1. The van der Waals surface area contributed by atoms with Gasteiger partial charge in [-0.05, 0) is 50.9 Å². The SMILES string of the molecule is CCC(C)C(NC(=O)C(CCCN=C(N)N)NC(=O)C1CCCN1C(=O)C(N)CO)C(=O)NC(CCC(=O)O)C(=O)NC(C(=O)NC(C(=O)O)C(C)O)C(C)CC. The van der Waals surface area contributed by atoms with Crippen molar-refractivity contribution in [3.05, 3.63) is 0 Å². The third kappa shape index (κ3) is 16.1. The lowest BCUT2D eigenvalue weighted by molar-refractivity contribution is -0.145. The topological polar surface area (TPSA) is 371 Å². The van der Waals surface area contributed by atoms with Crippen molar-refractivity contribution in [2.75, 3.05) is 19.7 Å². The fourth-order valence-corrected chi connectivity index (χ4v) is 5.98. The van der Waals surface area contributed by atoms with E-state index in [2.05, 4.69) is 31.6 Å². The molecule has 22 nitrogen and oxygen atoms in total. The molecule has 57 heavy (non-hydrogen) atoms. The molecule has 15 N–H and O–H groups in total. The Labute approximate surface area is 331 Å². The van der Waals surface area contributed by atoms with Crippen molar-refractivity contribution in [2.24, 2.45) is 34.0 Å². The highest BCUT2D eigenvalue weighted by Crippen LogP contribution is 2.19. The van der Waals surface area contributed by atoms with Crippen molar-refractivity contribution < 1.29 is 58.8 Å². The molecule has 0 spiro atoms. The fourth-order valence-electron chi connectivity index (χ4n) is 5.98. The fraction of sp³-hybridized carbons (Fsp3) is 0.743. The van der Waals surface area contributed by atoms with Gasteiger partial charge in [0.05, 0.1) is 12.7 Å². The Balaban J connectivity index is 3.40. The summed E-state index contributed by atoms with van der Waals surface area (Å²) >= 11 is 0. The molecule has 324 valence electrons. The number of aliphatic hydroxyl groups excluding tert-OH is 2. The molecule has 0 radical (unpaired) electrons. The van der Waals surface area contributed by atoms with Gasteiger partial charge in [-0.15, -0.1) is 0 Å². The summed E-state index contributed by atoms with van der Waals surface area (Å²) < 4.78 is 0. The third-order valence-electron chi connectivity index (χ3n) is 9.84. The van der Waals surface area contributed by atoms with Gasteiger partial charge in [0.15, 0.2) is 12.0 Å². The molecule has 1 aliphatic heterocycles. The van der Waals surface area contributed by atoms with E-state index in [4.69, 9.17) is 17.2 Å². The molecule has 0 aromatic carbocycles. The van der Waals surface area contributed by atoms with E-state index in [0.29, 0.717) is 19.3 Å². The van der Waals surface area contributed by atoms with Crippen LogP contribution in [0, 0.1) is 11.8 Å². The average Bonchev–Trinajstić information content (AvgIpc) is 3.66. The van der Waals surface area contributed by atoms with Crippen LogP contribution in [-0.4, -0.2) is 147 Å². The summed E-state index contributed by atoms with van der Waals surface area (Å²) in [6.45, 7) is 7.48. The molecule has 6 amide bonds. The third-order valence-corrected chi connectivity index (χ3v) is 9.84. The van der Waals surface area contributed by atoms with Gasteiger partial charge >= 0.3 is 11.9 Å². The van der Waals surface area contributed by atoms with Crippen LogP contribution in [0.4, 0.5) is 0 Å². The maximum atomic E-state index is 13.9. The van der Waals surface area contributed by atoms with Crippen LogP contribution in [0.1, 0.15) is 86.0 Å². The van der Waals surface area contributed by atoms with Crippen LogP contribution in [-0.2, 0) is 38.4 Å². The summed E-state index contributed by atoms with van der Waals surface area (Å²) in [5.41, 5.74) is 16.6. The maximum Gasteiger partial charge on any atom is 0.328 e. The van der Waals surface area contributed by atoms with E-state index in [0.717, 1.165) is 6.92 Å². The number of nitrogens with one attached hydrogen (secondary N) is 5. The van der Waals surface area contributed by atoms with Crippen LogP contribution in [0.25, 0.3) is 0 Å². The zero-order chi connectivity index (χ0) is 43.6. The van der Waals surface area contributed by atoms with Gasteiger partial charge in [-0.3, -0.25) is 38.6 Å². The van der Waals surface area contributed by atoms with Crippen molar-refractivity contribution >= 4 is 53.3 Å². The number of carboxylic acid groups (broad SMARTS) is 2. The van der Waals surface area contributed by atoms with E-state index in [-0.39, 0.29) is 38.3 Å². The van der Waals surface area contributed by atoms with Gasteiger partial charge in [-0.25, -0.2) is 4.79 Å². The lowest BCUT2D eigenvalue weighted by Gasteiger charge is -2.31. The number of nitrogens with zero attached hydrogens (tertiary/aromatic N) is 2. The molecule has 1 saturated heterocycles. The Morgan fingerprint density at radius 1 is 0.772 bits per heavy atom. The van der Waals surface area contributed by atoms with Gasteiger partial charge in [0.1, 0.15) is 36.3 Å². The molecule has 1 heterocycles. The quantitative estimate of drug-likeness (QED) is 0.0239. The minimum absolute atomic E-state index is 0.0134. The number of aliphatic imine (C=N–C) groups is 1. The molecular weight excluding hydrogens is 752 g/mol. The number of aliphatic carboxylic acids is 2. The summed E-state index contributed by atoms with van der Waals surface area (Å²) in [6.07, 6.45) is -0.941. The number of carbonyl (C=O) groups is 8. The standard InChI is InChI=1S/C35H62N10O12/c1-6-17(3)25(42-28(50)21(10-8-14-39-35(37)38)40-30(52)23-11-9-15-45(23)33(55)20(36)16-46)31(53)41-22(12-13-24(48)49)29(51)43-26(18(4)7-2)32(54)44-27(19(5)47)34(56)57/h17-23,25-27,46-47H,6-16,36H2,1-5H3,(H,40,52)(H,41,53)(H,42,50)(H,43,51)(H,44,54)(H,48,49)(H,56,57)(H4,37,38,39). The highest BCUT2D eigenvalue weighted by molar-refractivity contribution is 5.97. The van der Waals surface area contributed by atoms with Crippen LogP contribution >= 0.6 is 0 Å². The highest BCUT2D eigenvalue weighted by Gasteiger charge is 2.39. The molecule has 0 aromatic rings. The minimum atomic E-state index is -1.70. The van der Waals surface area contributed by atoms with Crippen LogP contribution in [0.5, 0.6) is 0 Å². The Hall–Kier alpha value is -5.09. The average molecular weight is 815 g/mol. The van der Waals surface area contributed by atoms with Gasteiger partial charge in [0, 0.05) is 19.5 Å². The monoisotopic (exact) mass is 814 g/mol. The second-order valence-corrected chi connectivity index (χ2v) is 14.3. The summed E-state index contributed by atoms with van der Waals surface area (Å²) in [6, 6.07) is -9.44. The Bertz CT molecular complexity index is 1440. The number of amides is 6. The number of hydrogen-bond acceptors (Lipinski definition) is 12. The number of nitrogens with two attached hydrogens (primary N) is 3. The molecule has 10 atom stereocenters.